The standard InChI is InChI=1S/C21H27N3O5S/c1-14(2)13-20(24-30(27,28)19-11-9-18(29-4)10-12-19)21(26)23-17-7-5-16(6-8-17)22-15(3)25/h5-12,14,20,24H,13H2,1-4H3,(H,22,25)(H,23,26)/t20-/m0/s1. The van der Waals surface area contributed by atoms with Crippen LogP contribution in [-0.2, 0) is 19.6 Å². The number of ether oxygens (including phenoxy) is 1. The molecule has 0 fully saturated rings. The lowest BCUT2D eigenvalue weighted by Crippen LogP contribution is -2.44. The topological polar surface area (TPSA) is 114 Å². The molecule has 0 saturated heterocycles. The largest absolute Gasteiger partial charge is 0.497 e. The van der Waals surface area contributed by atoms with Crippen LogP contribution in [0.15, 0.2) is 53.4 Å². The molecule has 0 aromatic heterocycles. The number of sulfonamides is 1. The van der Waals surface area contributed by atoms with Gasteiger partial charge in [0.2, 0.25) is 21.8 Å². The number of benzene rings is 2. The lowest BCUT2D eigenvalue weighted by atomic mass is 10.0. The molecule has 0 aliphatic rings. The Hall–Kier alpha value is -2.91. The highest BCUT2D eigenvalue weighted by atomic mass is 32.2. The van der Waals surface area contributed by atoms with Gasteiger partial charge in [-0.25, -0.2) is 8.42 Å². The van der Waals surface area contributed by atoms with Gasteiger partial charge >= 0.3 is 0 Å². The molecule has 0 radical (unpaired) electrons. The van der Waals surface area contributed by atoms with Gasteiger partial charge in [0.15, 0.2) is 0 Å². The highest BCUT2D eigenvalue weighted by Crippen LogP contribution is 2.18. The summed E-state index contributed by atoms with van der Waals surface area (Å²) in [6, 6.07) is 11.5. The third-order valence-electron chi connectivity index (χ3n) is 4.16. The van der Waals surface area contributed by atoms with Crippen molar-refractivity contribution in [2.24, 2.45) is 5.92 Å². The second-order valence-electron chi connectivity index (χ2n) is 7.23. The van der Waals surface area contributed by atoms with Crippen LogP contribution in [0.5, 0.6) is 5.75 Å². The Morgan fingerprint density at radius 1 is 0.933 bits per heavy atom. The normalized spacial score (nSPS) is 12.3. The molecule has 8 nitrogen and oxygen atoms in total. The van der Waals surface area contributed by atoms with E-state index in [2.05, 4.69) is 15.4 Å². The molecule has 0 spiro atoms. The van der Waals surface area contributed by atoms with Gasteiger partial charge in [-0.05, 0) is 60.9 Å². The van der Waals surface area contributed by atoms with Crippen LogP contribution in [0.2, 0.25) is 0 Å². The smallest absolute Gasteiger partial charge is 0.242 e. The van der Waals surface area contributed by atoms with Gasteiger partial charge in [0.1, 0.15) is 11.8 Å². The van der Waals surface area contributed by atoms with E-state index in [0.717, 1.165) is 0 Å². The zero-order valence-corrected chi connectivity index (χ0v) is 18.2. The van der Waals surface area contributed by atoms with E-state index < -0.39 is 22.0 Å². The fraction of sp³-hybridized carbons (Fsp3) is 0.333. The second kappa shape index (κ2) is 10.2. The molecule has 0 bridgehead atoms. The summed E-state index contributed by atoms with van der Waals surface area (Å²) < 4.78 is 33.1. The molecule has 0 heterocycles. The molecule has 2 aromatic rings. The summed E-state index contributed by atoms with van der Waals surface area (Å²) in [6.45, 7) is 5.22. The maximum Gasteiger partial charge on any atom is 0.242 e. The number of anilines is 2. The van der Waals surface area contributed by atoms with Crippen molar-refractivity contribution in [3.05, 3.63) is 48.5 Å². The molecule has 0 saturated carbocycles. The minimum Gasteiger partial charge on any atom is -0.497 e. The predicted octanol–water partition coefficient (Wildman–Crippen LogP) is 2.99. The van der Waals surface area contributed by atoms with Gasteiger partial charge < -0.3 is 15.4 Å². The minimum atomic E-state index is -3.90. The predicted molar refractivity (Wildman–Crippen MR) is 116 cm³/mol. The Morgan fingerprint density at radius 3 is 1.93 bits per heavy atom. The number of nitrogens with one attached hydrogen (secondary N) is 3. The summed E-state index contributed by atoms with van der Waals surface area (Å²) in [5.41, 5.74) is 1.09. The Labute approximate surface area is 177 Å². The molecule has 162 valence electrons. The van der Waals surface area contributed by atoms with Crippen molar-refractivity contribution >= 4 is 33.2 Å². The quantitative estimate of drug-likeness (QED) is 0.563. The van der Waals surface area contributed by atoms with E-state index in [1.807, 2.05) is 13.8 Å². The molecule has 30 heavy (non-hydrogen) atoms. The average molecular weight is 434 g/mol. The van der Waals surface area contributed by atoms with E-state index in [-0.39, 0.29) is 16.7 Å². The second-order valence-corrected chi connectivity index (χ2v) is 8.94. The number of methoxy groups -OCH3 is 1. The first-order valence-electron chi connectivity index (χ1n) is 9.45. The monoisotopic (exact) mass is 433 g/mol. The lowest BCUT2D eigenvalue weighted by Gasteiger charge is -2.20. The lowest BCUT2D eigenvalue weighted by molar-refractivity contribution is -0.118. The van der Waals surface area contributed by atoms with Crippen LogP contribution >= 0.6 is 0 Å². The van der Waals surface area contributed by atoms with Crippen LogP contribution in [0.4, 0.5) is 11.4 Å². The molecular formula is C21H27N3O5S. The van der Waals surface area contributed by atoms with Gasteiger partial charge in [0.25, 0.3) is 0 Å². The molecule has 2 rings (SSSR count). The van der Waals surface area contributed by atoms with E-state index in [4.69, 9.17) is 4.74 Å². The van der Waals surface area contributed by atoms with Crippen molar-refractivity contribution in [1.29, 1.82) is 0 Å². The van der Waals surface area contributed by atoms with Gasteiger partial charge in [-0.3, -0.25) is 9.59 Å². The number of amides is 2. The maximum absolute atomic E-state index is 12.8. The first-order valence-corrected chi connectivity index (χ1v) is 10.9. The highest BCUT2D eigenvalue weighted by molar-refractivity contribution is 7.89. The third-order valence-corrected chi connectivity index (χ3v) is 5.65. The van der Waals surface area contributed by atoms with Crippen LogP contribution in [0.3, 0.4) is 0 Å². The molecule has 1 atom stereocenters. The van der Waals surface area contributed by atoms with E-state index in [1.54, 1.807) is 36.4 Å². The zero-order valence-electron chi connectivity index (χ0n) is 17.4. The van der Waals surface area contributed by atoms with E-state index in [1.165, 1.54) is 26.2 Å². The van der Waals surface area contributed by atoms with Crippen molar-refractivity contribution in [1.82, 2.24) is 4.72 Å². The maximum atomic E-state index is 12.8. The van der Waals surface area contributed by atoms with Gasteiger partial charge in [0, 0.05) is 18.3 Å². The minimum absolute atomic E-state index is 0.0458. The van der Waals surface area contributed by atoms with Gasteiger partial charge in [-0.1, -0.05) is 13.8 Å². The molecule has 3 N–H and O–H groups in total. The van der Waals surface area contributed by atoms with Crippen molar-refractivity contribution in [2.45, 2.75) is 38.1 Å². The zero-order chi connectivity index (χ0) is 22.3. The molecule has 9 heteroatoms. The van der Waals surface area contributed by atoms with Crippen LogP contribution in [0, 0.1) is 5.92 Å². The van der Waals surface area contributed by atoms with Gasteiger partial charge in [-0.2, -0.15) is 4.72 Å². The van der Waals surface area contributed by atoms with Crippen molar-refractivity contribution in [3.8, 4) is 5.75 Å². The first kappa shape index (κ1) is 23.4. The number of rotatable bonds is 9. The Kier molecular flexibility index (Phi) is 7.96. The summed E-state index contributed by atoms with van der Waals surface area (Å²) in [5, 5.41) is 5.36. The summed E-state index contributed by atoms with van der Waals surface area (Å²) in [7, 11) is -2.41. The number of hydrogen-bond acceptors (Lipinski definition) is 5. The van der Waals surface area contributed by atoms with Crippen LogP contribution in [0.25, 0.3) is 0 Å². The highest BCUT2D eigenvalue weighted by Gasteiger charge is 2.26. The number of carbonyl (C=O) groups excluding carboxylic acids is 2. The van der Waals surface area contributed by atoms with Crippen molar-refractivity contribution < 1.29 is 22.7 Å². The van der Waals surface area contributed by atoms with E-state index in [0.29, 0.717) is 23.5 Å². The Balaban J connectivity index is 2.15. The molecule has 2 amide bonds. The first-order chi connectivity index (χ1) is 14.1. The van der Waals surface area contributed by atoms with Crippen molar-refractivity contribution in [3.63, 3.8) is 0 Å². The van der Waals surface area contributed by atoms with E-state index in [9.17, 15) is 18.0 Å². The molecule has 2 aromatic carbocycles. The van der Waals surface area contributed by atoms with Crippen LogP contribution < -0.4 is 20.1 Å². The molecule has 0 unspecified atom stereocenters. The van der Waals surface area contributed by atoms with Crippen molar-refractivity contribution in [2.75, 3.05) is 17.7 Å². The summed E-state index contributed by atoms with van der Waals surface area (Å²) in [6.07, 6.45) is 0.325. The van der Waals surface area contributed by atoms with Crippen LogP contribution in [0.1, 0.15) is 27.2 Å². The van der Waals surface area contributed by atoms with Gasteiger partial charge in [-0.15, -0.1) is 0 Å². The number of carbonyl (C=O) groups is 2. The fourth-order valence-electron chi connectivity index (χ4n) is 2.76. The summed E-state index contributed by atoms with van der Waals surface area (Å²) >= 11 is 0. The number of hydrogen-bond donors (Lipinski definition) is 3. The van der Waals surface area contributed by atoms with Crippen LogP contribution in [-0.4, -0.2) is 33.4 Å². The Bertz CT molecular complexity index is 971. The summed E-state index contributed by atoms with van der Waals surface area (Å²) in [5.74, 6) is -0.0422. The molecule has 0 aliphatic heterocycles. The van der Waals surface area contributed by atoms with E-state index >= 15 is 0 Å². The SMILES string of the molecule is COc1ccc(S(=O)(=O)N[C@@H](CC(C)C)C(=O)Nc2ccc(NC(C)=O)cc2)cc1. The molecular weight excluding hydrogens is 406 g/mol. The summed E-state index contributed by atoms with van der Waals surface area (Å²) in [4.78, 5) is 23.9. The average Bonchev–Trinajstić information content (AvgIpc) is 2.68. The Morgan fingerprint density at radius 2 is 1.47 bits per heavy atom. The fourth-order valence-corrected chi connectivity index (χ4v) is 3.97. The van der Waals surface area contributed by atoms with Gasteiger partial charge in [0.05, 0.1) is 12.0 Å². The third kappa shape index (κ3) is 6.85. The molecule has 0 aliphatic carbocycles.